The van der Waals surface area contributed by atoms with Gasteiger partial charge in [0.2, 0.25) is 0 Å². The largest absolute Gasteiger partial charge is 0.389 e. The summed E-state index contributed by atoms with van der Waals surface area (Å²) in [7, 11) is 0. The molecule has 80 valence electrons. The number of rotatable bonds is 4. The highest BCUT2D eigenvalue weighted by Crippen LogP contribution is 2.20. The lowest BCUT2D eigenvalue weighted by atomic mass is 9.86. The molecule has 4 heteroatoms. The Morgan fingerprint density at radius 1 is 1.43 bits per heavy atom. The monoisotopic (exact) mass is 197 g/mol. The molecule has 1 rings (SSSR count). The van der Waals surface area contributed by atoms with Crippen molar-refractivity contribution in [1.29, 1.82) is 0 Å². The summed E-state index contributed by atoms with van der Waals surface area (Å²) in [5.74, 6) is 0.877. The van der Waals surface area contributed by atoms with Gasteiger partial charge in [0.15, 0.2) is 0 Å². The SMILES string of the molecule is CC(C)(O)C(C)(C)NCc1ncc[nH]1. The summed E-state index contributed by atoms with van der Waals surface area (Å²) < 4.78 is 0. The smallest absolute Gasteiger partial charge is 0.120 e. The van der Waals surface area contributed by atoms with E-state index in [9.17, 15) is 5.11 Å². The number of aromatic amines is 1. The normalized spacial score (nSPS) is 13.2. The van der Waals surface area contributed by atoms with Gasteiger partial charge < -0.3 is 15.4 Å². The molecule has 0 saturated heterocycles. The second kappa shape index (κ2) is 3.71. The van der Waals surface area contributed by atoms with Gasteiger partial charge in [0.05, 0.1) is 12.1 Å². The van der Waals surface area contributed by atoms with Crippen LogP contribution in [0.2, 0.25) is 0 Å². The summed E-state index contributed by atoms with van der Waals surface area (Å²) >= 11 is 0. The third-order valence-corrected chi connectivity index (χ3v) is 2.78. The quantitative estimate of drug-likeness (QED) is 0.676. The predicted octanol–water partition coefficient (Wildman–Crippen LogP) is 1.05. The molecule has 1 heterocycles. The van der Waals surface area contributed by atoms with Crippen molar-refractivity contribution in [3.63, 3.8) is 0 Å². The minimum absolute atomic E-state index is 0.347. The van der Waals surface area contributed by atoms with Gasteiger partial charge in [-0.3, -0.25) is 0 Å². The number of hydrogen-bond donors (Lipinski definition) is 3. The van der Waals surface area contributed by atoms with Crippen LogP contribution < -0.4 is 5.32 Å². The number of aromatic nitrogens is 2. The molecule has 0 aromatic carbocycles. The van der Waals surface area contributed by atoms with Crippen molar-refractivity contribution < 1.29 is 5.11 Å². The predicted molar refractivity (Wildman–Crippen MR) is 55.8 cm³/mol. The van der Waals surface area contributed by atoms with Crippen LogP contribution in [-0.4, -0.2) is 26.2 Å². The highest BCUT2D eigenvalue weighted by atomic mass is 16.3. The number of hydrogen-bond acceptors (Lipinski definition) is 3. The minimum Gasteiger partial charge on any atom is -0.389 e. The van der Waals surface area contributed by atoms with Gasteiger partial charge in [0.25, 0.3) is 0 Å². The Hall–Kier alpha value is -0.870. The van der Waals surface area contributed by atoms with E-state index >= 15 is 0 Å². The molecule has 0 aliphatic rings. The molecule has 0 bridgehead atoms. The van der Waals surface area contributed by atoms with E-state index in [4.69, 9.17) is 0 Å². The van der Waals surface area contributed by atoms with Gasteiger partial charge in [-0.05, 0) is 27.7 Å². The summed E-state index contributed by atoms with van der Waals surface area (Å²) in [5, 5.41) is 13.1. The molecule has 0 saturated carbocycles. The first-order valence-electron chi connectivity index (χ1n) is 4.78. The number of imidazole rings is 1. The van der Waals surface area contributed by atoms with Crippen molar-refractivity contribution in [3.8, 4) is 0 Å². The lowest BCUT2D eigenvalue weighted by Gasteiger charge is -2.38. The molecule has 0 amide bonds. The fraction of sp³-hybridized carbons (Fsp3) is 0.700. The zero-order valence-electron chi connectivity index (χ0n) is 9.26. The van der Waals surface area contributed by atoms with Gasteiger partial charge in [-0.25, -0.2) is 4.98 Å². The third kappa shape index (κ3) is 2.56. The Bertz CT molecular complexity index is 272. The van der Waals surface area contributed by atoms with E-state index in [2.05, 4.69) is 15.3 Å². The number of nitrogens with zero attached hydrogens (tertiary/aromatic N) is 1. The molecule has 0 radical (unpaired) electrons. The average molecular weight is 197 g/mol. The van der Waals surface area contributed by atoms with Crippen molar-refractivity contribution in [2.45, 2.75) is 45.4 Å². The Balaban J connectivity index is 2.53. The zero-order chi connectivity index (χ0) is 10.8. The molecule has 1 aromatic heterocycles. The van der Waals surface area contributed by atoms with Crippen molar-refractivity contribution >= 4 is 0 Å². The van der Waals surface area contributed by atoms with E-state index in [1.807, 2.05) is 13.8 Å². The van der Waals surface area contributed by atoms with Gasteiger partial charge in [-0.2, -0.15) is 0 Å². The summed E-state index contributed by atoms with van der Waals surface area (Å²) in [6.45, 7) is 8.15. The summed E-state index contributed by atoms with van der Waals surface area (Å²) in [6, 6.07) is 0. The van der Waals surface area contributed by atoms with Gasteiger partial charge in [-0.15, -0.1) is 0 Å². The lowest BCUT2D eigenvalue weighted by Crippen LogP contribution is -2.55. The Morgan fingerprint density at radius 2 is 2.07 bits per heavy atom. The molecule has 0 fully saturated rings. The van der Waals surface area contributed by atoms with E-state index in [-0.39, 0.29) is 5.54 Å². The van der Waals surface area contributed by atoms with Crippen molar-refractivity contribution in [3.05, 3.63) is 18.2 Å². The molecule has 0 spiro atoms. The van der Waals surface area contributed by atoms with Crippen LogP contribution in [0.3, 0.4) is 0 Å². The zero-order valence-corrected chi connectivity index (χ0v) is 9.26. The van der Waals surface area contributed by atoms with Gasteiger partial charge in [0.1, 0.15) is 5.82 Å². The Kier molecular flexibility index (Phi) is 2.97. The number of aliphatic hydroxyl groups is 1. The maximum Gasteiger partial charge on any atom is 0.120 e. The summed E-state index contributed by atoms with van der Waals surface area (Å²) in [6.07, 6.45) is 3.50. The molecule has 0 aliphatic carbocycles. The average Bonchev–Trinajstić information content (AvgIpc) is 2.50. The second-order valence-electron chi connectivity index (χ2n) is 4.57. The molecular formula is C10H19N3O. The van der Waals surface area contributed by atoms with E-state index < -0.39 is 5.60 Å². The van der Waals surface area contributed by atoms with E-state index in [1.54, 1.807) is 26.2 Å². The molecular weight excluding hydrogens is 178 g/mol. The highest BCUT2D eigenvalue weighted by molar-refractivity contribution is 4.96. The van der Waals surface area contributed by atoms with Crippen LogP contribution in [0.25, 0.3) is 0 Å². The summed E-state index contributed by atoms with van der Waals surface area (Å²) in [5.41, 5.74) is -1.11. The Morgan fingerprint density at radius 3 is 2.50 bits per heavy atom. The maximum atomic E-state index is 9.88. The molecule has 1 aromatic rings. The number of H-pyrrole nitrogens is 1. The Labute approximate surface area is 84.8 Å². The van der Waals surface area contributed by atoms with E-state index in [1.165, 1.54) is 0 Å². The van der Waals surface area contributed by atoms with Crippen LogP contribution in [0.4, 0.5) is 0 Å². The number of nitrogens with one attached hydrogen (secondary N) is 2. The minimum atomic E-state index is -0.764. The van der Waals surface area contributed by atoms with Crippen molar-refractivity contribution in [1.82, 2.24) is 15.3 Å². The molecule has 0 atom stereocenters. The topological polar surface area (TPSA) is 60.9 Å². The summed E-state index contributed by atoms with van der Waals surface area (Å²) in [4.78, 5) is 7.11. The highest BCUT2D eigenvalue weighted by Gasteiger charge is 2.34. The van der Waals surface area contributed by atoms with Crippen LogP contribution in [0.5, 0.6) is 0 Å². The standard InChI is InChI=1S/C10H19N3O/c1-9(2,10(3,4)14)13-7-8-11-5-6-12-8/h5-6,13-14H,7H2,1-4H3,(H,11,12). The third-order valence-electron chi connectivity index (χ3n) is 2.78. The van der Waals surface area contributed by atoms with Gasteiger partial charge in [-0.1, -0.05) is 0 Å². The van der Waals surface area contributed by atoms with Crippen LogP contribution in [-0.2, 0) is 6.54 Å². The van der Waals surface area contributed by atoms with Crippen LogP contribution in [0, 0.1) is 0 Å². The molecule has 4 nitrogen and oxygen atoms in total. The van der Waals surface area contributed by atoms with Crippen molar-refractivity contribution in [2.24, 2.45) is 0 Å². The molecule has 14 heavy (non-hydrogen) atoms. The first kappa shape index (κ1) is 11.2. The molecule has 0 aliphatic heterocycles. The fourth-order valence-electron chi connectivity index (χ4n) is 0.916. The van der Waals surface area contributed by atoms with Crippen LogP contribution in [0.1, 0.15) is 33.5 Å². The second-order valence-corrected chi connectivity index (χ2v) is 4.57. The van der Waals surface area contributed by atoms with Gasteiger partial charge in [0, 0.05) is 17.9 Å². The van der Waals surface area contributed by atoms with Crippen LogP contribution >= 0.6 is 0 Å². The van der Waals surface area contributed by atoms with Crippen LogP contribution in [0.15, 0.2) is 12.4 Å². The first-order valence-corrected chi connectivity index (χ1v) is 4.78. The fourth-order valence-corrected chi connectivity index (χ4v) is 0.916. The molecule has 3 N–H and O–H groups in total. The van der Waals surface area contributed by atoms with E-state index in [0.29, 0.717) is 6.54 Å². The maximum absolute atomic E-state index is 9.88. The molecule has 0 unspecified atom stereocenters. The van der Waals surface area contributed by atoms with E-state index in [0.717, 1.165) is 5.82 Å². The van der Waals surface area contributed by atoms with Crippen molar-refractivity contribution in [2.75, 3.05) is 0 Å². The van der Waals surface area contributed by atoms with Gasteiger partial charge >= 0.3 is 0 Å². The lowest BCUT2D eigenvalue weighted by molar-refractivity contribution is -0.00558. The first-order chi connectivity index (χ1) is 6.33.